The SMILES string of the molecule is CCCCCCCCCCCCS(=O)(=O)O.CO. The first-order chi connectivity index (χ1) is 8.56. The lowest BCUT2D eigenvalue weighted by molar-refractivity contribution is 0.399. The van der Waals surface area contributed by atoms with Crippen molar-refractivity contribution in [3.63, 3.8) is 0 Å². The number of rotatable bonds is 11. The molecule has 0 aromatic rings. The van der Waals surface area contributed by atoms with Gasteiger partial charge in [-0.25, -0.2) is 0 Å². The van der Waals surface area contributed by atoms with Gasteiger partial charge < -0.3 is 5.11 Å². The molecule has 0 unspecified atom stereocenters. The van der Waals surface area contributed by atoms with Crippen molar-refractivity contribution in [1.29, 1.82) is 0 Å². The van der Waals surface area contributed by atoms with Gasteiger partial charge >= 0.3 is 0 Å². The van der Waals surface area contributed by atoms with E-state index in [0.717, 1.165) is 20.0 Å². The maximum absolute atomic E-state index is 10.4. The van der Waals surface area contributed by atoms with Gasteiger partial charge in [0.2, 0.25) is 0 Å². The molecule has 0 rings (SSSR count). The first-order valence-electron chi connectivity index (χ1n) is 6.96. The molecule has 0 radical (unpaired) electrons. The molecule has 0 heterocycles. The van der Waals surface area contributed by atoms with E-state index in [-0.39, 0.29) is 5.75 Å². The Labute approximate surface area is 113 Å². The Balaban J connectivity index is 0. The second kappa shape index (κ2) is 14.9. The van der Waals surface area contributed by atoms with E-state index in [2.05, 4.69) is 6.92 Å². The van der Waals surface area contributed by atoms with Gasteiger partial charge in [-0.1, -0.05) is 64.7 Å². The topological polar surface area (TPSA) is 74.6 Å². The summed E-state index contributed by atoms with van der Waals surface area (Å²) >= 11 is 0. The van der Waals surface area contributed by atoms with Gasteiger partial charge in [0.1, 0.15) is 0 Å². The molecule has 0 aliphatic heterocycles. The third-order valence-electron chi connectivity index (χ3n) is 2.76. The maximum Gasteiger partial charge on any atom is 0.264 e. The molecule has 0 atom stereocenters. The van der Waals surface area contributed by atoms with Crippen LogP contribution < -0.4 is 0 Å². The lowest BCUT2D eigenvalue weighted by Crippen LogP contribution is -2.03. The van der Waals surface area contributed by atoms with Gasteiger partial charge in [0.05, 0.1) is 5.75 Å². The Morgan fingerprint density at radius 3 is 1.39 bits per heavy atom. The van der Waals surface area contributed by atoms with Crippen LogP contribution in [-0.2, 0) is 10.1 Å². The fraction of sp³-hybridized carbons (Fsp3) is 1.00. The predicted octanol–water partition coefficient (Wildman–Crippen LogP) is 3.40. The van der Waals surface area contributed by atoms with Crippen molar-refractivity contribution >= 4 is 10.1 Å². The molecule has 0 fully saturated rings. The molecule has 0 spiro atoms. The van der Waals surface area contributed by atoms with Crippen molar-refractivity contribution in [2.45, 2.75) is 71.1 Å². The lowest BCUT2D eigenvalue weighted by Gasteiger charge is -2.01. The van der Waals surface area contributed by atoms with Crippen LogP contribution in [0.4, 0.5) is 0 Å². The molecule has 0 aromatic carbocycles. The van der Waals surface area contributed by atoms with Gasteiger partial charge in [0.25, 0.3) is 10.1 Å². The quantitative estimate of drug-likeness (QED) is 0.450. The van der Waals surface area contributed by atoms with Gasteiger partial charge in [0.15, 0.2) is 0 Å². The molecule has 0 aliphatic carbocycles. The second-order valence-corrected chi connectivity index (χ2v) is 6.04. The first-order valence-corrected chi connectivity index (χ1v) is 8.57. The van der Waals surface area contributed by atoms with Crippen molar-refractivity contribution in [1.82, 2.24) is 0 Å². The first kappa shape index (κ1) is 20.2. The van der Waals surface area contributed by atoms with E-state index >= 15 is 0 Å². The standard InChI is InChI=1S/C12H26O3S.CH4O/c1-2-3-4-5-6-7-8-9-10-11-12-16(13,14)15;1-2/h2-12H2,1H3,(H,13,14,15);2H,1H3. The average Bonchev–Trinajstić information content (AvgIpc) is 2.33. The molecule has 0 bridgehead atoms. The smallest absolute Gasteiger partial charge is 0.264 e. The molecule has 0 amide bonds. The van der Waals surface area contributed by atoms with Crippen LogP contribution in [0.5, 0.6) is 0 Å². The highest BCUT2D eigenvalue weighted by atomic mass is 32.2. The fourth-order valence-electron chi connectivity index (χ4n) is 1.77. The zero-order valence-electron chi connectivity index (χ0n) is 11.9. The Kier molecular flexibility index (Phi) is 16.7. The number of unbranched alkanes of at least 4 members (excludes halogenated alkanes) is 9. The summed E-state index contributed by atoms with van der Waals surface area (Å²) in [6.45, 7) is 2.22. The molecule has 0 saturated heterocycles. The molecule has 0 aliphatic rings. The van der Waals surface area contributed by atoms with E-state index in [1.54, 1.807) is 0 Å². The summed E-state index contributed by atoms with van der Waals surface area (Å²) in [5.41, 5.74) is 0. The summed E-state index contributed by atoms with van der Waals surface area (Å²) in [6.07, 6.45) is 11.7. The van der Waals surface area contributed by atoms with Crippen molar-refractivity contribution in [3.05, 3.63) is 0 Å². The summed E-state index contributed by atoms with van der Waals surface area (Å²) in [6, 6.07) is 0. The average molecular weight is 282 g/mol. The number of aliphatic hydroxyl groups is 1. The summed E-state index contributed by atoms with van der Waals surface area (Å²) in [4.78, 5) is 0. The van der Waals surface area contributed by atoms with Gasteiger partial charge in [0, 0.05) is 7.11 Å². The summed E-state index contributed by atoms with van der Waals surface area (Å²) in [7, 11) is -2.73. The predicted molar refractivity (Wildman–Crippen MR) is 76.4 cm³/mol. The third-order valence-corrected chi connectivity index (χ3v) is 3.56. The Morgan fingerprint density at radius 1 is 0.722 bits per heavy atom. The molecular formula is C13H30O4S. The number of aliphatic hydroxyl groups excluding tert-OH is 1. The minimum atomic E-state index is -3.73. The van der Waals surface area contributed by atoms with Crippen LogP contribution in [0.1, 0.15) is 71.1 Å². The molecule has 4 nitrogen and oxygen atoms in total. The van der Waals surface area contributed by atoms with E-state index in [4.69, 9.17) is 9.66 Å². The highest BCUT2D eigenvalue weighted by Gasteiger charge is 2.02. The summed E-state index contributed by atoms with van der Waals surface area (Å²) < 4.78 is 29.4. The van der Waals surface area contributed by atoms with E-state index < -0.39 is 10.1 Å². The maximum atomic E-state index is 10.4. The van der Waals surface area contributed by atoms with Crippen LogP contribution in [0.25, 0.3) is 0 Å². The highest BCUT2D eigenvalue weighted by Crippen LogP contribution is 2.10. The molecule has 5 heteroatoms. The summed E-state index contributed by atoms with van der Waals surface area (Å²) in [5, 5.41) is 7.00. The zero-order chi connectivity index (χ0) is 14.3. The Morgan fingerprint density at radius 2 is 1.06 bits per heavy atom. The monoisotopic (exact) mass is 282 g/mol. The molecule has 18 heavy (non-hydrogen) atoms. The third kappa shape index (κ3) is 21.2. The minimum absolute atomic E-state index is 0.0799. The van der Waals surface area contributed by atoms with Crippen molar-refractivity contribution in [2.75, 3.05) is 12.9 Å². The Bertz CT molecular complexity index is 237. The van der Waals surface area contributed by atoms with Gasteiger partial charge in [-0.2, -0.15) is 8.42 Å². The van der Waals surface area contributed by atoms with E-state index in [1.807, 2.05) is 0 Å². The van der Waals surface area contributed by atoms with E-state index in [0.29, 0.717) is 6.42 Å². The van der Waals surface area contributed by atoms with Crippen LogP contribution in [0.2, 0.25) is 0 Å². The molecule has 0 aromatic heterocycles. The normalized spacial score (nSPS) is 10.9. The largest absolute Gasteiger partial charge is 0.400 e. The lowest BCUT2D eigenvalue weighted by atomic mass is 10.1. The summed E-state index contributed by atoms with van der Waals surface area (Å²) in [5.74, 6) is -0.0799. The van der Waals surface area contributed by atoms with Crippen LogP contribution in [0, 0.1) is 0 Å². The molecule has 112 valence electrons. The van der Waals surface area contributed by atoms with Crippen LogP contribution in [0.3, 0.4) is 0 Å². The van der Waals surface area contributed by atoms with Gasteiger partial charge in [-0.3, -0.25) is 4.55 Å². The van der Waals surface area contributed by atoms with Crippen molar-refractivity contribution in [2.24, 2.45) is 0 Å². The Hall–Kier alpha value is -0.130. The minimum Gasteiger partial charge on any atom is -0.400 e. The van der Waals surface area contributed by atoms with Gasteiger partial charge in [-0.15, -0.1) is 0 Å². The molecule has 2 N–H and O–H groups in total. The van der Waals surface area contributed by atoms with Gasteiger partial charge in [-0.05, 0) is 6.42 Å². The van der Waals surface area contributed by atoms with Crippen molar-refractivity contribution < 1.29 is 18.1 Å². The van der Waals surface area contributed by atoms with Crippen molar-refractivity contribution in [3.8, 4) is 0 Å². The van der Waals surface area contributed by atoms with E-state index in [1.165, 1.54) is 44.9 Å². The van der Waals surface area contributed by atoms with Crippen LogP contribution in [-0.4, -0.2) is 30.9 Å². The molecule has 0 saturated carbocycles. The second-order valence-electron chi connectivity index (χ2n) is 4.47. The fourth-order valence-corrected chi connectivity index (χ4v) is 2.34. The van der Waals surface area contributed by atoms with E-state index in [9.17, 15) is 8.42 Å². The highest BCUT2D eigenvalue weighted by molar-refractivity contribution is 7.85. The number of hydrogen-bond acceptors (Lipinski definition) is 3. The zero-order valence-corrected chi connectivity index (χ0v) is 12.7. The number of hydrogen-bond donors (Lipinski definition) is 2. The van der Waals surface area contributed by atoms with Crippen LogP contribution in [0.15, 0.2) is 0 Å². The van der Waals surface area contributed by atoms with Crippen LogP contribution >= 0.6 is 0 Å². The molecular weight excluding hydrogens is 252 g/mol.